The molecule has 0 saturated carbocycles. The molecule has 7 nitrogen and oxygen atoms in total. The highest BCUT2D eigenvalue weighted by Gasteiger charge is 2.08. The fourth-order valence-corrected chi connectivity index (χ4v) is 2.95. The van der Waals surface area contributed by atoms with Crippen molar-refractivity contribution < 1.29 is 9.72 Å². The lowest BCUT2D eigenvalue weighted by atomic mass is 10.1. The Balaban J connectivity index is 1.44. The molecular formula is C23H16N4O3. The highest BCUT2D eigenvalue weighted by Crippen LogP contribution is 2.21. The summed E-state index contributed by atoms with van der Waals surface area (Å²) in [4.78, 5) is 31.1. The summed E-state index contributed by atoms with van der Waals surface area (Å²) in [5.41, 5.74) is 1.87. The molecule has 0 aliphatic carbocycles. The largest absolute Gasteiger partial charge is 0.322 e. The first-order chi connectivity index (χ1) is 14.6. The van der Waals surface area contributed by atoms with Crippen LogP contribution in [-0.4, -0.2) is 20.8 Å². The fraction of sp³-hybridized carbons (Fsp3) is 0. The molecule has 4 aromatic rings. The number of nitrogens with zero attached hydrogens (tertiary/aromatic N) is 3. The van der Waals surface area contributed by atoms with Gasteiger partial charge in [0.15, 0.2) is 5.82 Å². The summed E-state index contributed by atoms with van der Waals surface area (Å²) in [5, 5.41) is 15.9. The number of nitro groups is 1. The van der Waals surface area contributed by atoms with E-state index in [2.05, 4.69) is 15.3 Å². The molecule has 1 N–H and O–H groups in total. The Morgan fingerprint density at radius 2 is 1.70 bits per heavy atom. The van der Waals surface area contributed by atoms with Crippen LogP contribution in [-0.2, 0) is 4.79 Å². The zero-order valence-corrected chi connectivity index (χ0v) is 15.7. The Morgan fingerprint density at radius 3 is 2.47 bits per heavy atom. The molecule has 7 heteroatoms. The van der Waals surface area contributed by atoms with E-state index in [0.717, 1.165) is 10.8 Å². The first kappa shape index (κ1) is 18.9. The van der Waals surface area contributed by atoms with Gasteiger partial charge in [-0.2, -0.15) is 0 Å². The Hall–Kier alpha value is -4.39. The van der Waals surface area contributed by atoms with E-state index in [1.165, 1.54) is 18.2 Å². The third kappa shape index (κ3) is 4.36. The number of nitrogens with one attached hydrogen (secondary N) is 1. The van der Waals surface area contributed by atoms with Crippen LogP contribution in [0.15, 0.2) is 85.2 Å². The Kier molecular flexibility index (Phi) is 5.25. The van der Waals surface area contributed by atoms with Crippen molar-refractivity contribution in [1.82, 2.24) is 9.97 Å². The monoisotopic (exact) mass is 396 g/mol. The van der Waals surface area contributed by atoms with Crippen molar-refractivity contribution in [3.05, 3.63) is 101 Å². The quantitative estimate of drug-likeness (QED) is 0.295. The number of amides is 1. The van der Waals surface area contributed by atoms with Gasteiger partial charge in [0.05, 0.1) is 4.92 Å². The van der Waals surface area contributed by atoms with Gasteiger partial charge in [0, 0.05) is 47.4 Å². The number of non-ortho nitro benzene ring substituents is 1. The first-order valence-corrected chi connectivity index (χ1v) is 9.13. The van der Waals surface area contributed by atoms with Crippen LogP contribution in [0.1, 0.15) is 5.56 Å². The lowest BCUT2D eigenvalue weighted by Crippen LogP contribution is -2.07. The minimum Gasteiger partial charge on any atom is -0.322 e. The highest BCUT2D eigenvalue weighted by molar-refractivity contribution is 6.03. The Morgan fingerprint density at radius 1 is 0.933 bits per heavy atom. The lowest BCUT2D eigenvalue weighted by Gasteiger charge is -2.04. The normalized spacial score (nSPS) is 10.9. The van der Waals surface area contributed by atoms with Crippen LogP contribution in [0.2, 0.25) is 0 Å². The van der Waals surface area contributed by atoms with Crippen molar-refractivity contribution in [3.8, 4) is 11.4 Å². The third-order valence-corrected chi connectivity index (χ3v) is 4.43. The van der Waals surface area contributed by atoms with E-state index in [4.69, 9.17) is 0 Å². The fourth-order valence-electron chi connectivity index (χ4n) is 2.95. The van der Waals surface area contributed by atoms with Gasteiger partial charge < -0.3 is 5.32 Å². The smallest absolute Gasteiger partial charge is 0.270 e. The molecule has 0 saturated heterocycles. The Bertz CT molecular complexity index is 1270. The van der Waals surface area contributed by atoms with Crippen LogP contribution in [0.5, 0.6) is 0 Å². The summed E-state index contributed by atoms with van der Waals surface area (Å²) >= 11 is 0. The molecule has 0 aliphatic rings. The predicted octanol–water partition coefficient (Wildman–Crippen LogP) is 4.86. The SMILES string of the molecule is O=C(/C=C/c1cnc(-c2cccc([N+](=O)[O-])c2)nc1)Nc1ccc2ccccc2c1. The van der Waals surface area contributed by atoms with Gasteiger partial charge in [-0.05, 0) is 29.0 Å². The molecule has 1 heterocycles. The number of benzene rings is 3. The molecule has 0 fully saturated rings. The van der Waals surface area contributed by atoms with Gasteiger partial charge in [-0.15, -0.1) is 0 Å². The zero-order valence-electron chi connectivity index (χ0n) is 15.7. The summed E-state index contributed by atoms with van der Waals surface area (Å²) in [5.74, 6) is 0.101. The topological polar surface area (TPSA) is 98.0 Å². The van der Waals surface area contributed by atoms with Crippen molar-refractivity contribution in [2.75, 3.05) is 5.32 Å². The van der Waals surface area contributed by atoms with Crippen molar-refractivity contribution in [1.29, 1.82) is 0 Å². The summed E-state index contributed by atoms with van der Waals surface area (Å²) in [6.45, 7) is 0. The molecule has 30 heavy (non-hydrogen) atoms. The van der Waals surface area contributed by atoms with E-state index in [-0.39, 0.29) is 11.6 Å². The van der Waals surface area contributed by atoms with Gasteiger partial charge in [0.25, 0.3) is 5.69 Å². The number of aromatic nitrogens is 2. The van der Waals surface area contributed by atoms with Crippen LogP contribution in [0, 0.1) is 10.1 Å². The maximum Gasteiger partial charge on any atom is 0.270 e. The average molecular weight is 396 g/mol. The number of carbonyl (C=O) groups is 1. The summed E-state index contributed by atoms with van der Waals surface area (Å²) in [7, 11) is 0. The van der Waals surface area contributed by atoms with Crippen molar-refractivity contribution in [2.24, 2.45) is 0 Å². The van der Waals surface area contributed by atoms with E-state index in [1.54, 1.807) is 30.6 Å². The summed E-state index contributed by atoms with van der Waals surface area (Å²) in [6, 6.07) is 19.8. The standard InChI is InChI=1S/C23H16N4O3/c28-22(26-20-10-9-17-4-1-2-5-18(17)12-20)11-8-16-14-24-23(25-15-16)19-6-3-7-21(13-19)27(29)30/h1-15H,(H,26,28)/b11-8+. The first-order valence-electron chi connectivity index (χ1n) is 9.13. The molecule has 0 radical (unpaired) electrons. The molecule has 3 aromatic carbocycles. The second-order valence-electron chi connectivity index (χ2n) is 6.53. The molecular weight excluding hydrogens is 380 g/mol. The van der Waals surface area contributed by atoms with E-state index in [0.29, 0.717) is 22.6 Å². The average Bonchev–Trinajstić information content (AvgIpc) is 2.78. The second-order valence-corrected chi connectivity index (χ2v) is 6.53. The lowest BCUT2D eigenvalue weighted by molar-refractivity contribution is -0.384. The van der Waals surface area contributed by atoms with Crippen LogP contribution >= 0.6 is 0 Å². The van der Waals surface area contributed by atoms with E-state index in [1.807, 2.05) is 42.5 Å². The van der Waals surface area contributed by atoms with Crippen molar-refractivity contribution in [2.45, 2.75) is 0 Å². The van der Waals surface area contributed by atoms with Crippen LogP contribution in [0.25, 0.3) is 28.2 Å². The molecule has 0 bridgehead atoms. The Labute approximate surface area is 171 Å². The summed E-state index contributed by atoms with van der Waals surface area (Å²) < 4.78 is 0. The van der Waals surface area contributed by atoms with Gasteiger partial charge in [-0.1, -0.05) is 42.5 Å². The number of carbonyl (C=O) groups excluding carboxylic acids is 1. The highest BCUT2D eigenvalue weighted by atomic mass is 16.6. The van der Waals surface area contributed by atoms with E-state index < -0.39 is 4.92 Å². The van der Waals surface area contributed by atoms with Crippen LogP contribution in [0.4, 0.5) is 11.4 Å². The van der Waals surface area contributed by atoms with Gasteiger partial charge in [0.1, 0.15) is 0 Å². The molecule has 0 atom stereocenters. The number of rotatable bonds is 5. The van der Waals surface area contributed by atoms with Crippen molar-refractivity contribution in [3.63, 3.8) is 0 Å². The minimum atomic E-state index is -0.464. The molecule has 0 spiro atoms. The van der Waals surface area contributed by atoms with Gasteiger partial charge in [0.2, 0.25) is 5.91 Å². The maximum absolute atomic E-state index is 12.2. The maximum atomic E-state index is 12.2. The van der Waals surface area contributed by atoms with E-state index >= 15 is 0 Å². The van der Waals surface area contributed by atoms with Crippen LogP contribution < -0.4 is 5.32 Å². The number of hydrogen-bond acceptors (Lipinski definition) is 5. The number of fused-ring (bicyclic) bond motifs is 1. The molecule has 4 rings (SSSR count). The molecule has 0 aliphatic heterocycles. The van der Waals surface area contributed by atoms with Gasteiger partial charge >= 0.3 is 0 Å². The number of anilines is 1. The van der Waals surface area contributed by atoms with E-state index in [9.17, 15) is 14.9 Å². The second kappa shape index (κ2) is 8.32. The van der Waals surface area contributed by atoms with Gasteiger partial charge in [-0.25, -0.2) is 9.97 Å². The molecule has 146 valence electrons. The third-order valence-electron chi connectivity index (χ3n) is 4.43. The number of nitro benzene ring substituents is 1. The van der Waals surface area contributed by atoms with Gasteiger partial charge in [-0.3, -0.25) is 14.9 Å². The molecule has 1 amide bonds. The van der Waals surface area contributed by atoms with Crippen molar-refractivity contribution >= 4 is 34.1 Å². The summed E-state index contributed by atoms with van der Waals surface area (Å²) in [6.07, 6.45) is 6.12. The molecule has 0 unspecified atom stereocenters. The number of hydrogen-bond donors (Lipinski definition) is 1. The van der Waals surface area contributed by atoms with Crippen LogP contribution in [0.3, 0.4) is 0 Å². The molecule has 1 aromatic heterocycles. The zero-order chi connectivity index (χ0) is 20.9. The predicted molar refractivity (Wildman–Crippen MR) is 116 cm³/mol. The minimum absolute atomic E-state index is 0.0227.